The van der Waals surface area contributed by atoms with E-state index in [0.717, 1.165) is 24.5 Å². The number of ether oxygens (including phenoxy) is 1. The minimum atomic E-state index is 0.625. The van der Waals surface area contributed by atoms with E-state index in [1.165, 1.54) is 12.8 Å². The summed E-state index contributed by atoms with van der Waals surface area (Å²) in [5.41, 5.74) is 0.882. The second kappa shape index (κ2) is 6.39. The van der Waals surface area contributed by atoms with E-state index in [1.807, 2.05) is 31.2 Å². The molecular weight excluding hydrogens is 266 g/mol. The van der Waals surface area contributed by atoms with Crippen LogP contribution < -0.4 is 15.0 Å². The third kappa shape index (κ3) is 3.21. The Hall–Kier alpha value is -2.37. The van der Waals surface area contributed by atoms with Crippen molar-refractivity contribution in [2.75, 3.05) is 29.9 Å². The van der Waals surface area contributed by atoms with Gasteiger partial charge in [0.15, 0.2) is 5.82 Å². The lowest BCUT2D eigenvalue weighted by Gasteiger charge is -2.15. The molecule has 0 saturated carbocycles. The molecule has 1 aromatic heterocycles. The summed E-state index contributed by atoms with van der Waals surface area (Å²) in [4.78, 5) is 6.70. The van der Waals surface area contributed by atoms with E-state index in [4.69, 9.17) is 4.74 Å². The summed E-state index contributed by atoms with van der Waals surface area (Å²) >= 11 is 0. The van der Waals surface area contributed by atoms with Crippen LogP contribution in [0.15, 0.2) is 30.5 Å². The first kappa shape index (κ1) is 13.6. The molecule has 110 valence electrons. The fourth-order valence-electron chi connectivity index (χ4n) is 2.39. The first-order valence-electron chi connectivity index (χ1n) is 7.30. The highest BCUT2D eigenvalue weighted by atomic mass is 16.5. The van der Waals surface area contributed by atoms with Crippen molar-refractivity contribution in [2.24, 2.45) is 0 Å². The van der Waals surface area contributed by atoms with Crippen LogP contribution >= 0.6 is 0 Å². The number of benzene rings is 1. The highest BCUT2D eigenvalue weighted by Gasteiger charge is 2.16. The van der Waals surface area contributed by atoms with Crippen LogP contribution in [-0.2, 0) is 0 Å². The minimum absolute atomic E-state index is 0.625. The molecule has 0 spiro atoms. The number of aromatic nitrogens is 3. The van der Waals surface area contributed by atoms with Crippen LogP contribution in [0.5, 0.6) is 5.75 Å². The van der Waals surface area contributed by atoms with E-state index in [2.05, 4.69) is 25.4 Å². The summed E-state index contributed by atoms with van der Waals surface area (Å²) in [7, 11) is 0. The Kier molecular flexibility index (Phi) is 4.14. The maximum Gasteiger partial charge on any atom is 0.247 e. The molecule has 1 aliphatic heterocycles. The second-order valence-electron chi connectivity index (χ2n) is 4.89. The third-order valence-corrected chi connectivity index (χ3v) is 3.39. The lowest BCUT2D eigenvalue weighted by molar-refractivity contribution is 0.342. The van der Waals surface area contributed by atoms with Gasteiger partial charge in [-0.15, -0.1) is 5.10 Å². The Labute approximate surface area is 124 Å². The van der Waals surface area contributed by atoms with Crippen LogP contribution in [0.4, 0.5) is 17.5 Å². The number of rotatable bonds is 5. The molecule has 0 atom stereocenters. The summed E-state index contributed by atoms with van der Waals surface area (Å²) < 4.78 is 5.60. The Bertz CT molecular complexity index is 598. The molecule has 6 nitrogen and oxygen atoms in total. The molecule has 0 amide bonds. The van der Waals surface area contributed by atoms with Gasteiger partial charge in [-0.05, 0) is 31.9 Å². The summed E-state index contributed by atoms with van der Waals surface area (Å²) in [6.45, 7) is 4.59. The summed E-state index contributed by atoms with van der Waals surface area (Å²) in [6, 6.07) is 7.80. The van der Waals surface area contributed by atoms with Gasteiger partial charge in [-0.2, -0.15) is 10.1 Å². The largest absolute Gasteiger partial charge is 0.492 e. The maximum absolute atomic E-state index is 5.60. The van der Waals surface area contributed by atoms with Crippen molar-refractivity contribution in [3.63, 3.8) is 0 Å². The van der Waals surface area contributed by atoms with Gasteiger partial charge >= 0.3 is 0 Å². The fraction of sp³-hybridized carbons (Fsp3) is 0.400. The van der Waals surface area contributed by atoms with Crippen LogP contribution in [0.1, 0.15) is 19.8 Å². The standard InChI is InChI=1S/C15H19N5O/c1-2-21-13-8-4-3-7-12(13)17-14-11-16-19-15(18-14)20-9-5-6-10-20/h3-4,7-8,11H,2,5-6,9-10H2,1H3,(H,17,18,19). The van der Waals surface area contributed by atoms with E-state index >= 15 is 0 Å². The van der Waals surface area contributed by atoms with Crippen LogP contribution in [0.2, 0.25) is 0 Å². The highest BCUT2D eigenvalue weighted by molar-refractivity contribution is 5.64. The number of nitrogens with one attached hydrogen (secondary N) is 1. The quantitative estimate of drug-likeness (QED) is 0.911. The van der Waals surface area contributed by atoms with Gasteiger partial charge in [0.1, 0.15) is 5.75 Å². The van der Waals surface area contributed by atoms with Crippen molar-refractivity contribution in [1.29, 1.82) is 0 Å². The fourth-order valence-corrected chi connectivity index (χ4v) is 2.39. The number of anilines is 3. The lowest BCUT2D eigenvalue weighted by Crippen LogP contribution is -2.21. The van der Waals surface area contributed by atoms with Gasteiger partial charge in [0, 0.05) is 13.1 Å². The molecule has 2 aromatic rings. The van der Waals surface area contributed by atoms with Crippen molar-refractivity contribution < 1.29 is 4.74 Å². The minimum Gasteiger partial charge on any atom is -0.492 e. The van der Waals surface area contributed by atoms with E-state index < -0.39 is 0 Å². The zero-order valence-corrected chi connectivity index (χ0v) is 12.1. The molecule has 2 heterocycles. The van der Waals surface area contributed by atoms with Crippen LogP contribution in [0, 0.1) is 0 Å². The van der Waals surface area contributed by atoms with Gasteiger partial charge in [0.25, 0.3) is 0 Å². The average molecular weight is 285 g/mol. The Morgan fingerprint density at radius 3 is 2.86 bits per heavy atom. The molecule has 0 radical (unpaired) electrons. The van der Waals surface area contributed by atoms with Crippen molar-refractivity contribution in [3.8, 4) is 5.75 Å². The lowest BCUT2D eigenvalue weighted by atomic mass is 10.3. The van der Waals surface area contributed by atoms with Gasteiger partial charge in [-0.3, -0.25) is 0 Å². The zero-order valence-electron chi connectivity index (χ0n) is 12.1. The molecule has 1 N–H and O–H groups in total. The monoisotopic (exact) mass is 285 g/mol. The van der Waals surface area contributed by atoms with Crippen LogP contribution in [-0.4, -0.2) is 34.9 Å². The summed E-state index contributed by atoms with van der Waals surface area (Å²) in [5, 5.41) is 11.4. The Balaban J connectivity index is 1.80. The second-order valence-corrected chi connectivity index (χ2v) is 4.89. The van der Waals surface area contributed by atoms with Crippen molar-refractivity contribution in [3.05, 3.63) is 30.5 Å². The molecule has 21 heavy (non-hydrogen) atoms. The van der Waals surface area contributed by atoms with Gasteiger partial charge in [-0.25, -0.2) is 0 Å². The molecule has 0 aliphatic carbocycles. The van der Waals surface area contributed by atoms with Gasteiger partial charge < -0.3 is 15.0 Å². The first-order chi connectivity index (χ1) is 10.4. The molecule has 0 bridgehead atoms. The van der Waals surface area contributed by atoms with E-state index in [-0.39, 0.29) is 0 Å². The molecule has 3 rings (SSSR count). The number of hydrogen-bond donors (Lipinski definition) is 1. The summed E-state index contributed by atoms with van der Waals surface area (Å²) in [5.74, 6) is 2.17. The average Bonchev–Trinajstić information content (AvgIpc) is 3.04. The molecule has 0 unspecified atom stereocenters. The van der Waals surface area contributed by atoms with Crippen molar-refractivity contribution in [2.45, 2.75) is 19.8 Å². The van der Waals surface area contributed by atoms with E-state index in [1.54, 1.807) is 6.20 Å². The van der Waals surface area contributed by atoms with Gasteiger partial charge in [0.2, 0.25) is 5.95 Å². The van der Waals surface area contributed by atoms with Crippen molar-refractivity contribution in [1.82, 2.24) is 15.2 Å². The predicted octanol–water partition coefficient (Wildman–Crippen LogP) is 2.61. The van der Waals surface area contributed by atoms with Crippen LogP contribution in [0.3, 0.4) is 0 Å². The number of hydrogen-bond acceptors (Lipinski definition) is 6. The zero-order chi connectivity index (χ0) is 14.5. The van der Waals surface area contributed by atoms with E-state index in [0.29, 0.717) is 18.4 Å². The molecule has 6 heteroatoms. The molecule has 1 aromatic carbocycles. The van der Waals surface area contributed by atoms with Crippen LogP contribution in [0.25, 0.3) is 0 Å². The molecule has 1 saturated heterocycles. The Morgan fingerprint density at radius 1 is 1.24 bits per heavy atom. The first-order valence-corrected chi connectivity index (χ1v) is 7.30. The smallest absolute Gasteiger partial charge is 0.247 e. The molecule has 1 aliphatic rings. The Morgan fingerprint density at radius 2 is 2.05 bits per heavy atom. The van der Waals surface area contributed by atoms with Gasteiger partial charge in [0.05, 0.1) is 18.5 Å². The van der Waals surface area contributed by atoms with Gasteiger partial charge in [-0.1, -0.05) is 12.1 Å². The summed E-state index contributed by atoms with van der Waals surface area (Å²) in [6.07, 6.45) is 4.00. The predicted molar refractivity (Wildman–Crippen MR) is 82.2 cm³/mol. The van der Waals surface area contributed by atoms with E-state index in [9.17, 15) is 0 Å². The van der Waals surface area contributed by atoms with Crippen molar-refractivity contribution >= 4 is 17.5 Å². The number of nitrogens with zero attached hydrogens (tertiary/aromatic N) is 4. The molecule has 1 fully saturated rings. The topological polar surface area (TPSA) is 63.2 Å². The third-order valence-electron chi connectivity index (χ3n) is 3.39. The maximum atomic E-state index is 5.60. The molecular formula is C15H19N5O. The normalized spacial score (nSPS) is 14.2. The highest BCUT2D eigenvalue weighted by Crippen LogP contribution is 2.27. The SMILES string of the molecule is CCOc1ccccc1Nc1cnnc(N2CCCC2)n1. The number of para-hydroxylation sites is 2.